The fourth-order valence-corrected chi connectivity index (χ4v) is 4.70. The van der Waals surface area contributed by atoms with E-state index in [0.29, 0.717) is 6.54 Å². The number of carboxylic acid groups (broad SMARTS) is 1. The van der Waals surface area contributed by atoms with E-state index in [1.165, 1.54) is 13.8 Å². The summed E-state index contributed by atoms with van der Waals surface area (Å²) in [6.07, 6.45) is -0.742. The van der Waals surface area contributed by atoms with Crippen LogP contribution in [0.2, 0.25) is 0 Å². The number of carbonyl (C=O) groups excluding carboxylic acids is 2. The molecule has 0 saturated carbocycles. The smallest absolute Gasteiger partial charge is 0.407 e. The van der Waals surface area contributed by atoms with E-state index < -0.39 is 29.6 Å². The number of ether oxygens (including phenoxy) is 1. The Hall–Kier alpha value is -4.17. The maximum absolute atomic E-state index is 13.1. The zero-order valence-corrected chi connectivity index (χ0v) is 21.8. The lowest BCUT2D eigenvalue weighted by Gasteiger charge is -2.28. The summed E-state index contributed by atoms with van der Waals surface area (Å²) < 4.78 is 5.63. The summed E-state index contributed by atoms with van der Waals surface area (Å²) in [5.74, 6) is -1.90. The van der Waals surface area contributed by atoms with Crippen LogP contribution in [0.3, 0.4) is 0 Å². The van der Waals surface area contributed by atoms with E-state index in [1.54, 1.807) is 0 Å². The number of hydrogen-bond donors (Lipinski definition) is 3. The minimum Gasteiger partial charge on any atom is -0.480 e. The van der Waals surface area contributed by atoms with Gasteiger partial charge in [-0.25, -0.2) is 9.59 Å². The molecule has 0 aliphatic heterocycles. The summed E-state index contributed by atoms with van der Waals surface area (Å²) in [7, 11) is 1.83. The average molecular weight is 516 g/mol. The van der Waals surface area contributed by atoms with Crippen molar-refractivity contribution < 1.29 is 24.2 Å². The SMILES string of the molecule is CN(Cc1ccccc1)CC(NC(=O)OCC1c2ccccc2-c2ccccc21)C(=O)NC(C)(C)C(=O)O. The lowest BCUT2D eigenvalue weighted by atomic mass is 9.98. The first-order valence-electron chi connectivity index (χ1n) is 12.5. The van der Waals surface area contributed by atoms with E-state index in [9.17, 15) is 19.5 Å². The van der Waals surface area contributed by atoms with Crippen molar-refractivity contribution in [1.82, 2.24) is 15.5 Å². The van der Waals surface area contributed by atoms with Crippen LogP contribution in [0.1, 0.15) is 36.5 Å². The van der Waals surface area contributed by atoms with Gasteiger partial charge in [-0.15, -0.1) is 0 Å². The van der Waals surface area contributed by atoms with E-state index in [2.05, 4.69) is 22.8 Å². The summed E-state index contributed by atoms with van der Waals surface area (Å²) in [4.78, 5) is 39.5. The summed E-state index contributed by atoms with van der Waals surface area (Å²) in [6, 6.07) is 24.8. The molecular formula is C30H33N3O5. The zero-order chi connectivity index (χ0) is 27.3. The van der Waals surface area contributed by atoms with Gasteiger partial charge in [0.1, 0.15) is 18.2 Å². The highest BCUT2D eigenvalue weighted by Crippen LogP contribution is 2.44. The fraction of sp³-hybridized carbons (Fsp3) is 0.300. The van der Waals surface area contributed by atoms with Gasteiger partial charge in [0, 0.05) is 19.0 Å². The van der Waals surface area contributed by atoms with Crippen LogP contribution in [0.4, 0.5) is 4.79 Å². The Morgan fingerprint density at radius 3 is 2.05 bits per heavy atom. The first-order valence-corrected chi connectivity index (χ1v) is 12.5. The van der Waals surface area contributed by atoms with Gasteiger partial charge in [-0.3, -0.25) is 9.69 Å². The summed E-state index contributed by atoms with van der Waals surface area (Å²) in [5.41, 5.74) is 3.95. The topological polar surface area (TPSA) is 108 Å². The third-order valence-corrected chi connectivity index (χ3v) is 6.71. The Morgan fingerprint density at radius 2 is 1.47 bits per heavy atom. The molecule has 0 saturated heterocycles. The number of carboxylic acids is 1. The molecule has 1 aliphatic carbocycles. The molecule has 8 nitrogen and oxygen atoms in total. The van der Waals surface area contributed by atoms with E-state index in [1.807, 2.05) is 78.7 Å². The first kappa shape index (κ1) is 26.9. The van der Waals surface area contributed by atoms with Crippen LogP contribution in [-0.4, -0.2) is 59.8 Å². The number of benzene rings is 3. The van der Waals surface area contributed by atoms with Gasteiger partial charge in [0.25, 0.3) is 0 Å². The largest absolute Gasteiger partial charge is 0.480 e. The molecule has 198 valence electrons. The number of carbonyl (C=O) groups is 3. The third-order valence-electron chi connectivity index (χ3n) is 6.71. The molecule has 38 heavy (non-hydrogen) atoms. The van der Waals surface area contributed by atoms with Crippen LogP contribution in [0.15, 0.2) is 78.9 Å². The number of nitrogens with zero attached hydrogens (tertiary/aromatic N) is 1. The van der Waals surface area contributed by atoms with Gasteiger partial charge in [0.15, 0.2) is 0 Å². The molecule has 0 radical (unpaired) electrons. The Labute approximate surface area is 222 Å². The molecule has 4 rings (SSSR count). The summed E-state index contributed by atoms with van der Waals surface area (Å²) in [6.45, 7) is 3.59. The van der Waals surface area contributed by atoms with Crippen LogP contribution < -0.4 is 10.6 Å². The van der Waals surface area contributed by atoms with Crippen molar-refractivity contribution in [2.75, 3.05) is 20.2 Å². The number of aliphatic carboxylic acids is 1. The van der Waals surface area contributed by atoms with Gasteiger partial charge >= 0.3 is 12.1 Å². The lowest BCUT2D eigenvalue weighted by molar-refractivity contribution is -0.146. The molecule has 1 atom stereocenters. The molecule has 0 heterocycles. The van der Waals surface area contributed by atoms with Crippen molar-refractivity contribution >= 4 is 18.0 Å². The van der Waals surface area contributed by atoms with Gasteiger partial charge in [-0.2, -0.15) is 0 Å². The lowest BCUT2D eigenvalue weighted by Crippen LogP contribution is -2.58. The highest BCUT2D eigenvalue weighted by molar-refractivity contribution is 5.91. The van der Waals surface area contributed by atoms with Gasteiger partial charge in [-0.1, -0.05) is 78.9 Å². The molecule has 0 fully saturated rings. The van der Waals surface area contributed by atoms with Crippen LogP contribution in [-0.2, 0) is 20.9 Å². The molecule has 1 aliphatic rings. The van der Waals surface area contributed by atoms with E-state index >= 15 is 0 Å². The summed E-state index contributed by atoms with van der Waals surface area (Å²) >= 11 is 0. The number of alkyl carbamates (subject to hydrolysis) is 1. The predicted molar refractivity (Wildman–Crippen MR) is 145 cm³/mol. The zero-order valence-electron chi connectivity index (χ0n) is 21.8. The normalized spacial score (nSPS) is 13.4. The summed E-state index contributed by atoms with van der Waals surface area (Å²) in [5, 5.41) is 14.6. The molecule has 8 heteroatoms. The number of fused-ring (bicyclic) bond motifs is 3. The van der Waals surface area contributed by atoms with Crippen molar-refractivity contribution in [2.45, 2.75) is 37.9 Å². The maximum Gasteiger partial charge on any atom is 0.407 e. The van der Waals surface area contributed by atoms with Crippen molar-refractivity contribution in [3.8, 4) is 11.1 Å². The molecule has 0 aromatic heterocycles. The van der Waals surface area contributed by atoms with Gasteiger partial charge in [-0.05, 0) is 48.7 Å². The van der Waals surface area contributed by atoms with Crippen molar-refractivity contribution in [2.24, 2.45) is 0 Å². The number of nitrogens with one attached hydrogen (secondary N) is 2. The third kappa shape index (κ3) is 6.20. The quantitative estimate of drug-likeness (QED) is 0.377. The Bertz CT molecular complexity index is 1260. The monoisotopic (exact) mass is 515 g/mol. The number of hydrogen-bond acceptors (Lipinski definition) is 5. The molecule has 3 aromatic rings. The molecule has 3 aromatic carbocycles. The molecule has 0 bridgehead atoms. The molecule has 0 spiro atoms. The van der Waals surface area contributed by atoms with E-state index in [0.717, 1.165) is 27.8 Å². The van der Waals surface area contributed by atoms with Gasteiger partial charge < -0.3 is 20.5 Å². The second kappa shape index (κ2) is 11.5. The first-order chi connectivity index (χ1) is 18.2. The van der Waals surface area contributed by atoms with Crippen LogP contribution >= 0.6 is 0 Å². The van der Waals surface area contributed by atoms with E-state index in [4.69, 9.17) is 4.74 Å². The Kier molecular flexibility index (Phi) is 8.12. The van der Waals surface area contributed by atoms with Crippen molar-refractivity contribution in [3.63, 3.8) is 0 Å². The van der Waals surface area contributed by atoms with Crippen LogP contribution in [0.25, 0.3) is 11.1 Å². The van der Waals surface area contributed by atoms with Crippen molar-refractivity contribution in [1.29, 1.82) is 0 Å². The van der Waals surface area contributed by atoms with Gasteiger partial charge in [0.2, 0.25) is 5.91 Å². The molecule has 2 amide bonds. The molecule has 1 unspecified atom stereocenters. The van der Waals surface area contributed by atoms with Crippen LogP contribution in [0.5, 0.6) is 0 Å². The minimum atomic E-state index is -1.50. The highest BCUT2D eigenvalue weighted by Gasteiger charge is 2.34. The number of amides is 2. The van der Waals surface area contributed by atoms with Gasteiger partial charge in [0.05, 0.1) is 0 Å². The van der Waals surface area contributed by atoms with Crippen molar-refractivity contribution in [3.05, 3.63) is 95.6 Å². The number of likely N-dealkylation sites (N-methyl/N-ethyl adjacent to an activating group) is 1. The Morgan fingerprint density at radius 1 is 0.921 bits per heavy atom. The minimum absolute atomic E-state index is 0.106. The Balaban J connectivity index is 1.45. The molecular weight excluding hydrogens is 482 g/mol. The van der Waals surface area contributed by atoms with E-state index in [-0.39, 0.29) is 19.1 Å². The van der Waals surface area contributed by atoms with Crippen LogP contribution in [0, 0.1) is 0 Å². The number of rotatable bonds is 10. The fourth-order valence-electron chi connectivity index (χ4n) is 4.70. The maximum atomic E-state index is 13.1. The molecule has 3 N–H and O–H groups in total. The second-order valence-electron chi connectivity index (χ2n) is 10.1. The average Bonchev–Trinajstić information content (AvgIpc) is 3.21. The predicted octanol–water partition coefficient (Wildman–Crippen LogP) is 4.01. The highest BCUT2D eigenvalue weighted by atomic mass is 16.5. The second-order valence-corrected chi connectivity index (χ2v) is 10.1. The standard InChI is InChI=1S/C30H33N3O5/c1-30(2,28(35)36)32-27(34)26(18-33(3)17-20-11-5-4-6-12-20)31-29(37)38-19-25-23-15-9-7-13-21(23)22-14-8-10-16-24(22)25/h4-16,25-26H,17-19H2,1-3H3,(H,31,37)(H,32,34)(H,35,36).